The lowest BCUT2D eigenvalue weighted by Gasteiger charge is -2.37. The highest BCUT2D eigenvalue weighted by atomic mass is 16.6. The highest BCUT2D eigenvalue weighted by molar-refractivity contribution is 5.96. The highest BCUT2D eigenvalue weighted by Gasteiger charge is 2.49. The normalized spacial score (nSPS) is 21.5. The first-order chi connectivity index (χ1) is 40.7. The van der Waals surface area contributed by atoms with E-state index in [0.717, 1.165) is 59.3 Å². The summed E-state index contributed by atoms with van der Waals surface area (Å²) in [4.78, 5) is 117. The molecular weight excluding hydrogens is 1110 g/mol. The number of likely N-dealkylation sites (tertiary alicyclic amines) is 2. The molecule has 10 atom stereocenters. The number of likely N-dealkylation sites (N-methyl/N-ethyl adjacent to an activating group) is 2. The standard InChI is InChI=1S/C66H94N8O13/c1-41(71(14)61(82)86-65(8,9)10)55(76)69-53(63(2,3)4)59(80)73-38-44(36-50(73)56(77)67-48-32-24-28-42-26-18-20-30-46(42)48)84-34-22-16-17-23-35-85-45-37-51(57(78)68-49-33-25-29-43-27-19-21-31-47(43)49)74(39-45)60(81)54(64(5,6)7)70-58(79)52(40-75)72(15)62(83)87-66(11,12)13/h18-21,26-27,30-31,41,44-45,48-54,75H,24-25,28-29,32-40H2,1-15H3,(H,67,77)(H,68,78)(H,69,76)(H,70,79)/t41-,44-,45-,48+,49+,50-,51-,52-,53+,54+/m0/s1. The average Bonchev–Trinajstić information content (AvgIpc) is 1.85. The van der Waals surface area contributed by atoms with E-state index in [1.165, 1.54) is 28.8 Å². The maximum absolute atomic E-state index is 14.9. The molecule has 0 unspecified atom stereocenters. The van der Waals surface area contributed by atoms with Crippen LogP contribution in [0, 0.1) is 34.5 Å². The minimum absolute atomic E-state index is 0.00955. The zero-order valence-electron chi connectivity index (χ0n) is 53.7. The van der Waals surface area contributed by atoms with Crippen molar-refractivity contribution in [1.29, 1.82) is 0 Å². The lowest BCUT2D eigenvalue weighted by Crippen LogP contribution is -2.61. The Morgan fingerprint density at radius 2 is 0.989 bits per heavy atom. The zero-order valence-corrected chi connectivity index (χ0v) is 53.7. The van der Waals surface area contributed by atoms with Crippen molar-refractivity contribution < 1.29 is 62.4 Å². The lowest BCUT2D eigenvalue weighted by molar-refractivity contribution is -0.145. The fourth-order valence-electron chi connectivity index (χ4n) is 11.3. The Balaban J connectivity index is 1.14. The van der Waals surface area contributed by atoms with E-state index in [1.807, 2.05) is 63.2 Å². The van der Waals surface area contributed by atoms with Gasteiger partial charge in [0.25, 0.3) is 0 Å². The molecule has 2 aromatic rings. The van der Waals surface area contributed by atoms with Crippen molar-refractivity contribution in [3.8, 4) is 23.7 Å². The third-order valence-electron chi connectivity index (χ3n) is 16.2. The molecule has 5 N–H and O–H groups in total. The number of hydrogen-bond acceptors (Lipinski definition) is 13. The van der Waals surface area contributed by atoms with Crippen molar-refractivity contribution in [3.05, 3.63) is 70.8 Å². The molecule has 2 heterocycles. The SMILES string of the molecule is C[C@@H](C(=O)N[C@H](C(=O)N1C[C@@H](OCC#CC#CCO[C@H]2C[C@@H](C(=O)N[C@@H]3CCCc4ccccc43)N(C(=O)[C@@H](NC(=O)[C@H](CO)N(C)C(=O)OC(C)(C)C)C(C)(C)C)C2)C[C@H]1C(=O)N[C@@H]1CCCc2ccccc21)C(C)(C)C)N(C)C(=O)OC(C)(C)C. The number of aliphatic hydroxyl groups excluding tert-OH is 1. The van der Waals surface area contributed by atoms with Gasteiger partial charge in [-0.25, -0.2) is 9.59 Å². The number of aryl methyl sites for hydroxylation is 2. The Kier molecular flexibility index (Phi) is 23.1. The van der Waals surface area contributed by atoms with E-state index in [0.29, 0.717) is 6.42 Å². The average molecular weight is 1210 g/mol. The fraction of sp³-hybridized carbons (Fsp3) is 0.636. The minimum atomic E-state index is -1.39. The molecule has 0 spiro atoms. The number of amides is 8. The fourth-order valence-corrected chi connectivity index (χ4v) is 11.3. The predicted octanol–water partition coefficient (Wildman–Crippen LogP) is 5.90. The predicted molar refractivity (Wildman–Crippen MR) is 327 cm³/mol. The molecular formula is C66H94N8O13. The van der Waals surface area contributed by atoms with Crippen LogP contribution in [-0.4, -0.2) is 179 Å². The molecule has 0 saturated carbocycles. The van der Waals surface area contributed by atoms with Crippen LogP contribution in [-0.2, 0) is 60.6 Å². The molecule has 476 valence electrons. The van der Waals surface area contributed by atoms with Gasteiger partial charge in [-0.2, -0.15) is 0 Å². The third kappa shape index (κ3) is 18.7. The molecule has 2 saturated heterocycles. The van der Waals surface area contributed by atoms with Gasteiger partial charge in [-0.15, -0.1) is 0 Å². The molecule has 0 aromatic heterocycles. The van der Waals surface area contributed by atoms with Gasteiger partial charge in [-0.05, 0) is 132 Å². The summed E-state index contributed by atoms with van der Waals surface area (Å²) in [5.41, 5.74) is 0.951. The monoisotopic (exact) mass is 1210 g/mol. The van der Waals surface area contributed by atoms with Crippen molar-refractivity contribution in [2.75, 3.05) is 47.0 Å². The number of nitrogens with one attached hydrogen (secondary N) is 4. The largest absolute Gasteiger partial charge is 0.444 e. The molecule has 2 fully saturated rings. The number of carbonyl (C=O) groups is 8. The summed E-state index contributed by atoms with van der Waals surface area (Å²) < 4.78 is 23.4. The van der Waals surface area contributed by atoms with E-state index >= 15 is 0 Å². The smallest absolute Gasteiger partial charge is 0.410 e. The second-order valence-electron chi connectivity index (χ2n) is 27.4. The molecule has 0 radical (unpaired) electrons. The van der Waals surface area contributed by atoms with Gasteiger partial charge < -0.3 is 55.1 Å². The maximum atomic E-state index is 14.9. The van der Waals surface area contributed by atoms with Gasteiger partial charge in [-0.3, -0.25) is 38.6 Å². The number of carbonyl (C=O) groups excluding carboxylic acids is 8. The molecule has 8 amide bonds. The first-order valence-corrected chi connectivity index (χ1v) is 30.4. The summed E-state index contributed by atoms with van der Waals surface area (Å²) in [6, 6.07) is 8.77. The lowest BCUT2D eigenvalue weighted by atomic mass is 9.85. The van der Waals surface area contributed by atoms with Gasteiger partial charge in [0.1, 0.15) is 60.7 Å². The Morgan fingerprint density at radius 3 is 1.38 bits per heavy atom. The zero-order chi connectivity index (χ0) is 64.3. The second kappa shape index (κ2) is 29.2. The Hall–Kier alpha value is -7.20. The maximum Gasteiger partial charge on any atom is 0.410 e. The molecule has 87 heavy (non-hydrogen) atoms. The minimum Gasteiger partial charge on any atom is -0.444 e. The molecule has 2 aliphatic heterocycles. The van der Waals surface area contributed by atoms with E-state index in [1.54, 1.807) is 69.2 Å². The Morgan fingerprint density at radius 1 is 0.598 bits per heavy atom. The van der Waals surface area contributed by atoms with Crippen molar-refractivity contribution in [3.63, 3.8) is 0 Å². The van der Waals surface area contributed by atoms with Crippen molar-refractivity contribution in [2.45, 2.75) is 213 Å². The van der Waals surface area contributed by atoms with E-state index < -0.39 is 113 Å². The number of fused-ring (bicyclic) bond motifs is 2. The van der Waals surface area contributed by atoms with Crippen LogP contribution in [0.5, 0.6) is 0 Å². The molecule has 6 rings (SSSR count). The van der Waals surface area contributed by atoms with Crippen molar-refractivity contribution >= 4 is 47.6 Å². The number of hydrogen-bond donors (Lipinski definition) is 5. The topological polar surface area (TPSA) is 255 Å². The van der Waals surface area contributed by atoms with Gasteiger partial charge in [0.15, 0.2) is 0 Å². The second-order valence-corrected chi connectivity index (χ2v) is 27.4. The number of benzene rings is 2. The van der Waals surface area contributed by atoms with Crippen LogP contribution in [0.15, 0.2) is 48.5 Å². The number of ether oxygens (including phenoxy) is 4. The van der Waals surface area contributed by atoms with Crippen LogP contribution in [0.1, 0.15) is 163 Å². The van der Waals surface area contributed by atoms with Gasteiger partial charge in [0.2, 0.25) is 35.4 Å². The van der Waals surface area contributed by atoms with Gasteiger partial charge in [0, 0.05) is 40.0 Å². The van der Waals surface area contributed by atoms with E-state index in [9.17, 15) is 43.5 Å². The van der Waals surface area contributed by atoms with Crippen LogP contribution in [0.3, 0.4) is 0 Å². The Labute approximate surface area is 514 Å². The summed E-state index contributed by atoms with van der Waals surface area (Å²) in [6.07, 6.45) is 2.45. The van der Waals surface area contributed by atoms with Gasteiger partial charge in [0.05, 0.1) is 30.9 Å². The molecule has 0 bridgehead atoms. The molecule has 2 aromatic carbocycles. The van der Waals surface area contributed by atoms with Crippen molar-refractivity contribution in [2.24, 2.45) is 10.8 Å². The summed E-state index contributed by atoms with van der Waals surface area (Å²) in [5.74, 6) is 8.24. The third-order valence-corrected chi connectivity index (χ3v) is 16.2. The van der Waals surface area contributed by atoms with E-state index in [4.69, 9.17) is 18.9 Å². The first kappa shape index (κ1) is 68.9. The van der Waals surface area contributed by atoms with E-state index in [-0.39, 0.29) is 63.0 Å². The van der Waals surface area contributed by atoms with Crippen molar-refractivity contribution in [1.82, 2.24) is 40.9 Å². The molecule has 21 nitrogen and oxygen atoms in total. The summed E-state index contributed by atoms with van der Waals surface area (Å²) in [6.45, 7) is 21.6. The quantitative estimate of drug-likeness (QED) is 0.116. The van der Waals surface area contributed by atoms with Crippen LogP contribution in [0.25, 0.3) is 0 Å². The molecule has 4 aliphatic rings. The summed E-state index contributed by atoms with van der Waals surface area (Å²) in [5, 5.41) is 22.4. The van der Waals surface area contributed by atoms with Crippen LogP contribution >= 0.6 is 0 Å². The summed E-state index contributed by atoms with van der Waals surface area (Å²) >= 11 is 0. The molecule has 2 aliphatic carbocycles. The van der Waals surface area contributed by atoms with Crippen LogP contribution in [0.4, 0.5) is 9.59 Å². The van der Waals surface area contributed by atoms with Crippen LogP contribution < -0.4 is 21.3 Å². The molecule has 21 heteroatoms. The highest BCUT2D eigenvalue weighted by Crippen LogP contribution is 2.34. The first-order valence-electron chi connectivity index (χ1n) is 30.4. The summed E-state index contributed by atoms with van der Waals surface area (Å²) in [7, 11) is 2.78. The Bertz CT molecular complexity index is 2950. The number of rotatable bonds is 17. The number of aliphatic hydroxyl groups is 1. The number of nitrogens with zero attached hydrogens (tertiary/aromatic N) is 4. The van der Waals surface area contributed by atoms with Gasteiger partial charge >= 0.3 is 12.2 Å². The van der Waals surface area contributed by atoms with E-state index in [2.05, 4.69) is 51.0 Å². The van der Waals surface area contributed by atoms with Gasteiger partial charge in [-0.1, -0.05) is 102 Å². The van der Waals surface area contributed by atoms with Crippen LogP contribution in [0.2, 0.25) is 0 Å².